The summed E-state index contributed by atoms with van der Waals surface area (Å²) in [6, 6.07) is 10.1. The first-order valence-corrected chi connectivity index (χ1v) is 9.44. The van der Waals surface area contributed by atoms with Crippen molar-refractivity contribution in [3.63, 3.8) is 0 Å². The molecular weight excluding hydrogens is 377 g/mol. The number of amides is 3. The summed E-state index contributed by atoms with van der Waals surface area (Å²) in [5.74, 6) is 0.117. The van der Waals surface area contributed by atoms with Gasteiger partial charge in [0.2, 0.25) is 5.91 Å². The summed E-state index contributed by atoms with van der Waals surface area (Å²) in [4.78, 5) is 26.1. The number of anilines is 2. The van der Waals surface area contributed by atoms with Crippen LogP contribution in [0.5, 0.6) is 5.75 Å². The second kappa shape index (κ2) is 9.38. The first-order valence-electron chi connectivity index (χ1n) is 9.44. The molecule has 1 saturated heterocycles. The van der Waals surface area contributed by atoms with E-state index in [1.165, 1.54) is 25.3 Å². The summed E-state index contributed by atoms with van der Waals surface area (Å²) >= 11 is 0. The molecule has 0 spiro atoms. The van der Waals surface area contributed by atoms with Crippen molar-refractivity contribution in [1.82, 2.24) is 5.32 Å². The van der Waals surface area contributed by atoms with E-state index in [0.29, 0.717) is 35.7 Å². The number of aliphatic hydroxyl groups is 1. The Morgan fingerprint density at radius 2 is 2.10 bits per heavy atom. The highest BCUT2D eigenvalue weighted by molar-refractivity contribution is 5.97. The maximum absolute atomic E-state index is 13.2. The van der Waals surface area contributed by atoms with Crippen LogP contribution in [-0.4, -0.2) is 37.2 Å². The van der Waals surface area contributed by atoms with Crippen molar-refractivity contribution in [1.29, 1.82) is 0 Å². The molecule has 1 heterocycles. The van der Waals surface area contributed by atoms with Crippen LogP contribution in [0.4, 0.5) is 20.6 Å². The highest BCUT2D eigenvalue weighted by atomic mass is 19.1. The smallest absolute Gasteiger partial charge is 0.319 e. The van der Waals surface area contributed by atoms with Crippen LogP contribution in [0.2, 0.25) is 0 Å². The van der Waals surface area contributed by atoms with E-state index in [1.54, 1.807) is 29.2 Å². The van der Waals surface area contributed by atoms with Crippen LogP contribution < -0.4 is 20.3 Å². The summed E-state index contributed by atoms with van der Waals surface area (Å²) in [5.41, 5.74) is 1.47. The Morgan fingerprint density at radius 1 is 1.28 bits per heavy atom. The van der Waals surface area contributed by atoms with E-state index in [1.807, 2.05) is 0 Å². The lowest BCUT2D eigenvalue weighted by atomic mass is 10.1. The molecule has 0 radical (unpaired) electrons. The van der Waals surface area contributed by atoms with Crippen LogP contribution in [0.3, 0.4) is 0 Å². The molecule has 3 N–H and O–H groups in total. The van der Waals surface area contributed by atoms with Gasteiger partial charge in [0, 0.05) is 25.2 Å². The molecule has 8 heteroatoms. The molecule has 154 valence electrons. The molecule has 0 aromatic heterocycles. The molecule has 0 saturated carbocycles. The third kappa shape index (κ3) is 5.23. The zero-order chi connectivity index (χ0) is 20.8. The highest BCUT2D eigenvalue weighted by Gasteiger charge is 2.23. The Balaban J connectivity index is 1.64. The standard InChI is InChI=1S/C21H24FN3O4/c1-29-19-9-8-16(12-17(19)25-10-3-2-7-20(25)27)24-21(28)23-13-18(26)14-5-4-6-15(22)11-14/h4-6,8-9,11-12,18,26H,2-3,7,10,13H2,1H3,(H2,23,24,28). The van der Waals surface area contributed by atoms with Gasteiger partial charge in [0.15, 0.2) is 0 Å². The van der Waals surface area contributed by atoms with Gasteiger partial charge in [0.25, 0.3) is 0 Å². The van der Waals surface area contributed by atoms with Crippen LogP contribution in [0.25, 0.3) is 0 Å². The van der Waals surface area contributed by atoms with Gasteiger partial charge in [-0.3, -0.25) is 4.79 Å². The van der Waals surface area contributed by atoms with Crippen molar-refractivity contribution >= 4 is 23.3 Å². The van der Waals surface area contributed by atoms with E-state index in [-0.39, 0.29) is 12.5 Å². The van der Waals surface area contributed by atoms with Gasteiger partial charge in [-0.2, -0.15) is 0 Å². The number of nitrogens with one attached hydrogen (secondary N) is 2. The third-order valence-electron chi connectivity index (χ3n) is 4.74. The lowest BCUT2D eigenvalue weighted by Crippen LogP contribution is -2.35. The zero-order valence-corrected chi connectivity index (χ0v) is 16.2. The van der Waals surface area contributed by atoms with Crippen molar-refractivity contribution < 1.29 is 23.8 Å². The van der Waals surface area contributed by atoms with Gasteiger partial charge in [0.1, 0.15) is 11.6 Å². The zero-order valence-electron chi connectivity index (χ0n) is 16.2. The number of methoxy groups -OCH3 is 1. The molecule has 2 aromatic carbocycles. The fourth-order valence-electron chi connectivity index (χ4n) is 3.24. The molecule has 3 rings (SSSR count). The minimum atomic E-state index is -1.03. The minimum absolute atomic E-state index is 0.0226. The third-order valence-corrected chi connectivity index (χ3v) is 4.74. The van der Waals surface area contributed by atoms with Crippen LogP contribution in [0.15, 0.2) is 42.5 Å². The maximum Gasteiger partial charge on any atom is 0.319 e. The van der Waals surface area contributed by atoms with Gasteiger partial charge in [-0.1, -0.05) is 12.1 Å². The second-order valence-corrected chi connectivity index (χ2v) is 6.79. The summed E-state index contributed by atoms with van der Waals surface area (Å²) in [6.07, 6.45) is 1.23. The van der Waals surface area contributed by atoms with Crippen LogP contribution >= 0.6 is 0 Å². The number of halogens is 1. The minimum Gasteiger partial charge on any atom is -0.495 e. The predicted octanol–water partition coefficient (Wildman–Crippen LogP) is 3.21. The summed E-state index contributed by atoms with van der Waals surface area (Å²) < 4.78 is 18.6. The van der Waals surface area contributed by atoms with E-state index < -0.39 is 18.0 Å². The number of rotatable bonds is 6. The van der Waals surface area contributed by atoms with Crippen molar-refractivity contribution in [3.8, 4) is 5.75 Å². The van der Waals surface area contributed by atoms with E-state index >= 15 is 0 Å². The van der Waals surface area contributed by atoms with Gasteiger partial charge >= 0.3 is 6.03 Å². The molecule has 1 fully saturated rings. The van der Waals surface area contributed by atoms with Crippen LogP contribution in [0.1, 0.15) is 30.9 Å². The maximum atomic E-state index is 13.2. The molecule has 2 aromatic rings. The number of urea groups is 1. The predicted molar refractivity (Wildman–Crippen MR) is 108 cm³/mol. The van der Waals surface area contributed by atoms with Crippen molar-refractivity contribution in [3.05, 3.63) is 53.8 Å². The van der Waals surface area contributed by atoms with Gasteiger partial charge in [-0.05, 0) is 48.7 Å². The van der Waals surface area contributed by atoms with E-state index in [0.717, 1.165) is 12.8 Å². The number of nitrogens with zero attached hydrogens (tertiary/aromatic N) is 1. The van der Waals surface area contributed by atoms with E-state index in [2.05, 4.69) is 10.6 Å². The van der Waals surface area contributed by atoms with Gasteiger partial charge in [-0.25, -0.2) is 9.18 Å². The lowest BCUT2D eigenvalue weighted by Gasteiger charge is -2.28. The molecule has 3 amide bonds. The van der Waals surface area contributed by atoms with Crippen molar-refractivity contribution in [2.75, 3.05) is 30.4 Å². The number of hydrogen-bond acceptors (Lipinski definition) is 4. The molecule has 1 aliphatic heterocycles. The average molecular weight is 401 g/mol. The Kier molecular flexibility index (Phi) is 6.66. The van der Waals surface area contributed by atoms with Gasteiger partial charge in [-0.15, -0.1) is 0 Å². The van der Waals surface area contributed by atoms with Crippen LogP contribution in [0, 0.1) is 5.82 Å². The first kappa shape index (κ1) is 20.6. The molecule has 1 unspecified atom stereocenters. The fourth-order valence-corrected chi connectivity index (χ4v) is 3.24. The molecule has 7 nitrogen and oxygen atoms in total. The average Bonchev–Trinajstić information content (AvgIpc) is 2.72. The first-order chi connectivity index (χ1) is 14.0. The molecule has 1 aliphatic rings. The van der Waals surface area contributed by atoms with Gasteiger partial charge < -0.3 is 25.4 Å². The lowest BCUT2D eigenvalue weighted by molar-refractivity contribution is -0.119. The molecule has 0 aliphatic carbocycles. The number of piperidine rings is 1. The Hall–Kier alpha value is -3.13. The van der Waals surface area contributed by atoms with Crippen molar-refractivity contribution in [2.45, 2.75) is 25.4 Å². The monoisotopic (exact) mass is 401 g/mol. The number of aliphatic hydroxyl groups excluding tert-OH is 1. The van der Waals surface area contributed by atoms with E-state index in [9.17, 15) is 19.1 Å². The largest absolute Gasteiger partial charge is 0.495 e. The SMILES string of the molecule is COc1ccc(NC(=O)NCC(O)c2cccc(F)c2)cc1N1CCCCC1=O. The molecule has 0 bridgehead atoms. The number of hydrogen-bond donors (Lipinski definition) is 3. The number of benzene rings is 2. The van der Waals surface area contributed by atoms with Crippen LogP contribution in [-0.2, 0) is 4.79 Å². The number of carbonyl (C=O) groups excluding carboxylic acids is 2. The fraction of sp³-hybridized carbons (Fsp3) is 0.333. The van der Waals surface area contributed by atoms with Gasteiger partial charge in [0.05, 0.1) is 18.9 Å². The summed E-state index contributed by atoms with van der Waals surface area (Å²) in [5, 5.41) is 15.3. The molecular formula is C21H24FN3O4. The second-order valence-electron chi connectivity index (χ2n) is 6.79. The Bertz CT molecular complexity index is 890. The van der Waals surface area contributed by atoms with E-state index in [4.69, 9.17) is 4.74 Å². The summed E-state index contributed by atoms with van der Waals surface area (Å²) in [7, 11) is 1.53. The quantitative estimate of drug-likeness (QED) is 0.693. The Morgan fingerprint density at radius 3 is 2.83 bits per heavy atom. The summed E-state index contributed by atoms with van der Waals surface area (Å²) in [6.45, 7) is 0.521. The highest BCUT2D eigenvalue weighted by Crippen LogP contribution is 2.33. The number of carbonyl (C=O) groups is 2. The topological polar surface area (TPSA) is 90.9 Å². The molecule has 29 heavy (non-hydrogen) atoms. The molecule has 1 atom stereocenters. The van der Waals surface area contributed by atoms with Crippen molar-refractivity contribution in [2.24, 2.45) is 0 Å². The normalized spacial score (nSPS) is 15.0. The number of ether oxygens (including phenoxy) is 1. The Labute approximate surface area is 168 Å².